The van der Waals surface area contributed by atoms with Crippen LogP contribution in [0.5, 0.6) is 0 Å². The van der Waals surface area contributed by atoms with Gasteiger partial charge in [-0.25, -0.2) is 0 Å². The number of benzene rings is 2. The van der Waals surface area contributed by atoms with Crippen LogP contribution in [-0.4, -0.2) is 10.8 Å². The highest BCUT2D eigenvalue weighted by atomic mass is 16.6. The van der Waals surface area contributed by atoms with Gasteiger partial charge in [-0.05, 0) is 36.1 Å². The van der Waals surface area contributed by atoms with Crippen molar-refractivity contribution in [3.05, 3.63) is 75.3 Å². The van der Waals surface area contributed by atoms with E-state index in [0.717, 1.165) is 5.56 Å². The van der Waals surface area contributed by atoms with Gasteiger partial charge in [-0.1, -0.05) is 44.2 Å². The van der Waals surface area contributed by atoms with Crippen molar-refractivity contribution in [2.75, 3.05) is 5.32 Å². The lowest BCUT2D eigenvalue weighted by Gasteiger charge is -2.07. The Bertz CT molecular complexity index is 778. The topological polar surface area (TPSA) is 72.2 Å². The Labute approximate surface area is 141 Å². The first-order valence-electron chi connectivity index (χ1n) is 7.71. The largest absolute Gasteiger partial charge is 0.322 e. The molecular formula is C19H20N2O3. The fourth-order valence-electron chi connectivity index (χ4n) is 2.29. The third-order valence-corrected chi connectivity index (χ3v) is 3.79. The molecule has 2 aromatic carbocycles. The number of nitrogens with zero attached hydrogens (tertiary/aromatic N) is 1. The molecule has 0 heterocycles. The maximum Gasteiger partial charge on any atom is 0.274 e. The molecule has 0 bridgehead atoms. The highest BCUT2D eigenvalue weighted by molar-refractivity contribution is 6.02. The summed E-state index contributed by atoms with van der Waals surface area (Å²) in [5, 5.41) is 13.6. The van der Waals surface area contributed by atoms with Gasteiger partial charge in [-0.2, -0.15) is 0 Å². The number of amides is 1. The molecule has 0 saturated heterocycles. The predicted molar refractivity (Wildman–Crippen MR) is 96.0 cm³/mol. The van der Waals surface area contributed by atoms with E-state index in [0.29, 0.717) is 17.2 Å². The molecule has 0 unspecified atom stereocenters. The van der Waals surface area contributed by atoms with Gasteiger partial charge in [0, 0.05) is 12.1 Å². The minimum absolute atomic E-state index is 0.0129. The molecule has 5 heteroatoms. The molecule has 5 nitrogen and oxygen atoms in total. The van der Waals surface area contributed by atoms with E-state index < -0.39 is 4.92 Å². The summed E-state index contributed by atoms with van der Waals surface area (Å²) in [6.45, 7) is 5.86. The molecule has 0 fully saturated rings. The molecular weight excluding hydrogens is 304 g/mol. The normalized spacial score (nSPS) is 11.0. The summed E-state index contributed by atoms with van der Waals surface area (Å²) < 4.78 is 0. The van der Waals surface area contributed by atoms with Crippen molar-refractivity contribution in [1.82, 2.24) is 0 Å². The van der Waals surface area contributed by atoms with Crippen LogP contribution in [0.4, 0.5) is 11.4 Å². The zero-order chi connectivity index (χ0) is 17.7. The average molecular weight is 324 g/mol. The van der Waals surface area contributed by atoms with Crippen LogP contribution in [0.1, 0.15) is 36.5 Å². The summed E-state index contributed by atoms with van der Waals surface area (Å²) in [6, 6.07) is 12.6. The molecule has 0 aliphatic rings. The van der Waals surface area contributed by atoms with Crippen LogP contribution in [0.2, 0.25) is 0 Å². The van der Waals surface area contributed by atoms with Crippen molar-refractivity contribution in [3.63, 3.8) is 0 Å². The lowest BCUT2D eigenvalue weighted by molar-refractivity contribution is -0.385. The minimum Gasteiger partial charge on any atom is -0.322 e. The first kappa shape index (κ1) is 17.4. The average Bonchev–Trinajstić information content (AvgIpc) is 2.55. The lowest BCUT2D eigenvalue weighted by atomic mass is 10.0. The standard InChI is InChI=1S/C19H20N2O3/c1-13(2)16-10-7-15(8-11-16)9-12-19(22)20-17-5-4-6-18(14(17)3)21(23)24/h4-13H,1-3H3,(H,20,22)/b12-9+. The van der Waals surface area contributed by atoms with Gasteiger partial charge in [0.1, 0.15) is 0 Å². The van der Waals surface area contributed by atoms with Gasteiger partial charge in [-0.15, -0.1) is 0 Å². The summed E-state index contributed by atoms with van der Waals surface area (Å²) in [7, 11) is 0. The van der Waals surface area contributed by atoms with Crippen LogP contribution in [0.3, 0.4) is 0 Å². The second-order valence-electron chi connectivity index (χ2n) is 5.85. The number of nitro groups is 1. The van der Waals surface area contributed by atoms with Crippen molar-refractivity contribution in [3.8, 4) is 0 Å². The number of rotatable bonds is 5. The van der Waals surface area contributed by atoms with Gasteiger partial charge in [0.05, 0.1) is 16.2 Å². The Hall–Kier alpha value is -2.95. The second kappa shape index (κ2) is 7.55. The number of nitrogens with one attached hydrogen (secondary N) is 1. The fourth-order valence-corrected chi connectivity index (χ4v) is 2.29. The molecule has 0 saturated carbocycles. The van der Waals surface area contributed by atoms with Crippen LogP contribution in [0.25, 0.3) is 6.08 Å². The summed E-state index contributed by atoms with van der Waals surface area (Å²) in [6.07, 6.45) is 3.13. The predicted octanol–water partition coefficient (Wildman–Crippen LogP) is 4.68. The maximum absolute atomic E-state index is 12.0. The Morgan fingerprint density at radius 3 is 2.42 bits per heavy atom. The smallest absolute Gasteiger partial charge is 0.274 e. The van der Waals surface area contributed by atoms with E-state index in [9.17, 15) is 14.9 Å². The van der Waals surface area contributed by atoms with E-state index in [1.165, 1.54) is 17.7 Å². The fraction of sp³-hybridized carbons (Fsp3) is 0.211. The van der Waals surface area contributed by atoms with Crippen LogP contribution < -0.4 is 5.32 Å². The Morgan fingerprint density at radius 1 is 1.17 bits per heavy atom. The van der Waals surface area contributed by atoms with E-state index in [1.54, 1.807) is 25.1 Å². The highest BCUT2D eigenvalue weighted by Gasteiger charge is 2.13. The number of carbonyl (C=O) groups excluding carboxylic acids is 1. The molecule has 2 aromatic rings. The van der Waals surface area contributed by atoms with Crippen molar-refractivity contribution < 1.29 is 9.72 Å². The number of hydrogen-bond donors (Lipinski definition) is 1. The minimum atomic E-state index is -0.461. The summed E-state index contributed by atoms with van der Waals surface area (Å²) in [4.78, 5) is 22.5. The maximum atomic E-state index is 12.0. The van der Waals surface area contributed by atoms with Gasteiger partial charge < -0.3 is 5.32 Å². The van der Waals surface area contributed by atoms with Crippen LogP contribution in [0, 0.1) is 17.0 Å². The van der Waals surface area contributed by atoms with E-state index in [1.807, 2.05) is 24.3 Å². The van der Waals surface area contributed by atoms with E-state index in [2.05, 4.69) is 19.2 Å². The second-order valence-corrected chi connectivity index (χ2v) is 5.85. The molecule has 0 aliphatic heterocycles. The van der Waals surface area contributed by atoms with Crippen molar-refractivity contribution in [2.45, 2.75) is 26.7 Å². The molecule has 1 N–H and O–H groups in total. The molecule has 0 atom stereocenters. The van der Waals surface area contributed by atoms with Crippen molar-refractivity contribution in [2.24, 2.45) is 0 Å². The first-order valence-corrected chi connectivity index (χ1v) is 7.71. The van der Waals surface area contributed by atoms with Crippen molar-refractivity contribution >= 4 is 23.4 Å². The van der Waals surface area contributed by atoms with E-state index in [4.69, 9.17) is 0 Å². The van der Waals surface area contributed by atoms with Gasteiger partial charge in [-0.3, -0.25) is 14.9 Å². The van der Waals surface area contributed by atoms with Gasteiger partial charge >= 0.3 is 0 Å². The van der Waals surface area contributed by atoms with E-state index >= 15 is 0 Å². The van der Waals surface area contributed by atoms with Crippen molar-refractivity contribution in [1.29, 1.82) is 0 Å². The van der Waals surface area contributed by atoms with E-state index in [-0.39, 0.29) is 11.6 Å². The third-order valence-electron chi connectivity index (χ3n) is 3.79. The molecule has 2 rings (SSSR count). The third kappa shape index (κ3) is 4.29. The number of hydrogen-bond acceptors (Lipinski definition) is 3. The SMILES string of the molecule is Cc1c(NC(=O)/C=C/c2ccc(C(C)C)cc2)cccc1[N+](=O)[O-]. The van der Waals surface area contributed by atoms with Crippen LogP contribution in [0.15, 0.2) is 48.5 Å². The first-order chi connectivity index (χ1) is 11.4. The molecule has 124 valence electrons. The molecule has 0 spiro atoms. The quantitative estimate of drug-likeness (QED) is 0.493. The Kier molecular flexibility index (Phi) is 5.47. The molecule has 1 amide bonds. The number of nitro benzene ring substituents is 1. The number of carbonyl (C=O) groups is 1. The van der Waals surface area contributed by atoms with Crippen LogP contribution in [-0.2, 0) is 4.79 Å². The number of anilines is 1. The highest BCUT2D eigenvalue weighted by Crippen LogP contribution is 2.25. The van der Waals surface area contributed by atoms with Gasteiger partial charge in [0.25, 0.3) is 5.69 Å². The zero-order valence-corrected chi connectivity index (χ0v) is 13.9. The Balaban J connectivity index is 2.08. The molecule has 0 aliphatic carbocycles. The lowest BCUT2D eigenvalue weighted by Crippen LogP contribution is -2.09. The molecule has 0 aromatic heterocycles. The summed E-state index contributed by atoms with van der Waals surface area (Å²) in [5.41, 5.74) is 3.02. The van der Waals surface area contributed by atoms with Gasteiger partial charge in [0.15, 0.2) is 0 Å². The van der Waals surface area contributed by atoms with Gasteiger partial charge in [0.2, 0.25) is 5.91 Å². The summed E-state index contributed by atoms with van der Waals surface area (Å²) >= 11 is 0. The molecule has 0 radical (unpaired) electrons. The monoisotopic (exact) mass is 324 g/mol. The Morgan fingerprint density at radius 2 is 1.83 bits per heavy atom. The summed E-state index contributed by atoms with van der Waals surface area (Å²) in [5.74, 6) is 0.134. The zero-order valence-electron chi connectivity index (χ0n) is 13.9. The molecule has 24 heavy (non-hydrogen) atoms. The van der Waals surface area contributed by atoms with Crippen LogP contribution >= 0.6 is 0 Å².